The van der Waals surface area contributed by atoms with Crippen LogP contribution >= 0.6 is 23.2 Å². The molecule has 0 amide bonds. The van der Waals surface area contributed by atoms with E-state index in [4.69, 9.17) is 28.3 Å². The van der Waals surface area contributed by atoms with Gasteiger partial charge < -0.3 is 10.0 Å². The second-order valence-electron chi connectivity index (χ2n) is 3.02. The third kappa shape index (κ3) is 3.57. The highest BCUT2D eigenvalue weighted by molar-refractivity contribution is 6.35. The molecule has 82 valence electrons. The Bertz CT molecular complexity index is 371. The summed E-state index contributed by atoms with van der Waals surface area (Å²) in [5.74, 6) is -0.325. The zero-order chi connectivity index (χ0) is 11.4. The molecule has 1 heterocycles. The summed E-state index contributed by atoms with van der Waals surface area (Å²) in [5.41, 5.74) is 0. The molecule has 0 aromatic carbocycles. The van der Waals surface area contributed by atoms with E-state index in [0.29, 0.717) is 22.4 Å². The van der Waals surface area contributed by atoms with Gasteiger partial charge in [0.2, 0.25) is 0 Å². The molecule has 0 spiro atoms. The first-order chi connectivity index (χ1) is 7.00. The molecule has 0 saturated carbocycles. The molecule has 4 nitrogen and oxygen atoms in total. The maximum absolute atomic E-state index is 10.4. The Hall–Kier alpha value is -1.000. The zero-order valence-electron chi connectivity index (χ0n) is 8.07. The van der Waals surface area contributed by atoms with Gasteiger partial charge in [-0.1, -0.05) is 23.2 Å². The van der Waals surface area contributed by atoms with Gasteiger partial charge in [-0.3, -0.25) is 4.79 Å². The highest BCUT2D eigenvalue weighted by atomic mass is 35.5. The topological polar surface area (TPSA) is 53.4 Å². The summed E-state index contributed by atoms with van der Waals surface area (Å²) in [6.07, 6.45) is 1.51. The van der Waals surface area contributed by atoms with E-state index in [0.717, 1.165) is 0 Å². The number of rotatable bonds is 4. The number of hydrogen-bond donors (Lipinski definition) is 1. The first-order valence-electron chi connectivity index (χ1n) is 4.24. The predicted molar refractivity (Wildman–Crippen MR) is 59.8 cm³/mol. The second kappa shape index (κ2) is 5.19. The molecule has 0 fully saturated rings. The van der Waals surface area contributed by atoms with E-state index < -0.39 is 5.97 Å². The Kier molecular flexibility index (Phi) is 4.17. The van der Waals surface area contributed by atoms with Crippen molar-refractivity contribution < 1.29 is 9.90 Å². The van der Waals surface area contributed by atoms with Crippen LogP contribution in [0.1, 0.15) is 6.42 Å². The van der Waals surface area contributed by atoms with Gasteiger partial charge in [0, 0.05) is 19.8 Å². The number of carboxylic acid groups (broad SMARTS) is 1. The molecule has 0 saturated heterocycles. The zero-order valence-corrected chi connectivity index (χ0v) is 9.59. The summed E-state index contributed by atoms with van der Waals surface area (Å²) in [7, 11) is 1.73. The van der Waals surface area contributed by atoms with E-state index in [2.05, 4.69) is 4.98 Å². The summed E-state index contributed by atoms with van der Waals surface area (Å²) in [4.78, 5) is 16.1. The molecule has 15 heavy (non-hydrogen) atoms. The maximum Gasteiger partial charge on any atom is 0.305 e. The summed E-state index contributed by atoms with van der Waals surface area (Å²) >= 11 is 11.6. The number of carboxylic acids is 1. The van der Waals surface area contributed by atoms with Gasteiger partial charge in [0.1, 0.15) is 5.82 Å². The van der Waals surface area contributed by atoms with Crippen LogP contribution in [0.2, 0.25) is 10.0 Å². The molecule has 1 N–H and O–H groups in total. The SMILES string of the molecule is CN(CCC(=O)O)c1ncc(Cl)cc1Cl. The van der Waals surface area contributed by atoms with Crippen molar-refractivity contribution in [2.45, 2.75) is 6.42 Å². The highest BCUT2D eigenvalue weighted by Gasteiger charge is 2.09. The Morgan fingerprint density at radius 2 is 2.27 bits per heavy atom. The molecule has 0 bridgehead atoms. The van der Waals surface area contributed by atoms with Crippen LogP contribution in [-0.2, 0) is 4.79 Å². The van der Waals surface area contributed by atoms with E-state index in [1.807, 2.05) is 0 Å². The smallest absolute Gasteiger partial charge is 0.305 e. The van der Waals surface area contributed by atoms with Crippen molar-refractivity contribution in [2.75, 3.05) is 18.5 Å². The van der Waals surface area contributed by atoms with Crippen molar-refractivity contribution in [2.24, 2.45) is 0 Å². The lowest BCUT2D eigenvalue weighted by Crippen LogP contribution is -2.22. The van der Waals surface area contributed by atoms with Crippen molar-refractivity contribution in [3.63, 3.8) is 0 Å². The molecule has 0 aliphatic rings. The Morgan fingerprint density at radius 3 is 2.80 bits per heavy atom. The summed E-state index contributed by atoms with van der Waals surface area (Å²) in [5, 5.41) is 9.39. The lowest BCUT2D eigenvalue weighted by molar-refractivity contribution is -0.136. The lowest BCUT2D eigenvalue weighted by atomic mass is 10.3. The van der Waals surface area contributed by atoms with E-state index in [1.54, 1.807) is 18.0 Å². The number of halogens is 2. The van der Waals surface area contributed by atoms with Crippen LogP contribution < -0.4 is 4.90 Å². The van der Waals surface area contributed by atoms with Crippen LogP contribution in [-0.4, -0.2) is 29.7 Å². The Balaban J connectivity index is 2.73. The van der Waals surface area contributed by atoms with E-state index in [1.165, 1.54) is 6.20 Å². The number of nitrogens with zero attached hydrogens (tertiary/aromatic N) is 2. The first-order valence-corrected chi connectivity index (χ1v) is 5.00. The van der Waals surface area contributed by atoms with Crippen LogP contribution in [0.5, 0.6) is 0 Å². The monoisotopic (exact) mass is 248 g/mol. The third-order valence-electron chi connectivity index (χ3n) is 1.81. The molecule has 1 aromatic rings. The maximum atomic E-state index is 10.4. The van der Waals surface area contributed by atoms with E-state index in [9.17, 15) is 4.79 Å². The molecule has 0 aliphatic carbocycles. The Labute approximate surface area is 97.4 Å². The summed E-state index contributed by atoms with van der Waals surface area (Å²) in [6, 6.07) is 1.57. The van der Waals surface area contributed by atoms with Gasteiger partial charge in [0.15, 0.2) is 0 Å². The number of aliphatic carboxylic acids is 1. The molecular formula is C9H10Cl2N2O2. The number of anilines is 1. The third-order valence-corrected chi connectivity index (χ3v) is 2.30. The highest BCUT2D eigenvalue weighted by Crippen LogP contribution is 2.24. The number of aromatic nitrogens is 1. The fraction of sp³-hybridized carbons (Fsp3) is 0.333. The lowest BCUT2D eigenvalue weighted by Gasteiger charge is -2.18. The number of pyridine rings is 1. The van der Waals surface area contributed by atoms with Crippen molar-refractivity contribution >= 4 is 35.0 Å². The average molecular weight is 249 g/mol. The molecule has 1 rings (SSSR count). The summed E-state index contributed by atoms with van der Waals surface area (Å²) in [6.45, 7) is 0.351. The minimum atomic E-state index is -0.855. The minimum Gasteiger partial charge on any atom is -0.481 e. The van der Waals surface area contributed by atoms with Gasteiger partial charge in [-0.25, -0.2) is 4.98 Å². The van der Waals surface area contributed by atoms with Gasteiger partial charge in [-0.2, -0.15) is 0 Å². The molecule has 0 radical (unpaired) electrons. The van der Waals surface area contributed by atoms with Crippen LogP contribution in [0.15, 0.2) is 12.3 Å². The molecule has 0 atom stereocenters. The van der Waals surface area contributed by atoms with Crippen LogP contribution in [0.3, 0.4) is 0 Å². The fourth-order valence-electron chi connectivity index (χ4n) is 1.06. The molecule has 1 aromatic heterocycles. The normalized spacial score (nSPS) is 10.1. The number of carbonyl (C=O) groups is 1. The standard InChI is InChI=1S/C9H10Cl2N2O2/c1-13(3-2-8(14)15)9-7(11)4-6(10)5-12-9/h4-5H,2-3H2,1H3,(H,14,15). The largest absolute Gasteiger partial charge is 0.481 e. The van der Waals surface area contributed by atoms with Gasteiger partial charge in [-0.05, 0) is 6.07 Å². The van der Waals surface area contributed by atoms with Crippen molar-refractivity contribution in [1.82, 2.24) is 4.98 Å². The van der Waals surface area contributed by atoms with E-state index >= 15 is 0 Å². The van der Waals surface area contributed by atoms with Gasteiger partial charge in [0.05, 0.1) is 16.5 Å². The van der Waals surface area contributed by atoms with Crippen molar-refractivity contribution in [3.8, 4) is 0 Å². The van der Waals surface area contributed by atoms with Crippen LogP contribution in [0, 0.1) is 0 Å². The fourth-order valence-corrected chi connectivity index (χ4v) is 1.58. The molecular weight excluding hydrogens is 239 g/mol. The quantitative estimate of drug-likeness (QED) is 0.889. The predicted octanol–water partition coefficient (Wildman–Crippen LogP) is 2.30. The van der Waals surface area contributed by atoms with E-state index in [-0.39, 0.29) is 6.42 Å². The first kappa shape index (κ1) is 12.1. The van der Waals surface area contributed by atoms with Gasteiger partial charge in [0.25, 0.3) is 0 Å². The molecule has 0 unspecified atom stereocenters. The average Bonchev–Trinajstić information content (AvgIpc) is 2.14. The molecule has 0 aliphatic heterocycles. The van der Waals surface area contributed by atoms with Crippen LogP contribution in [0.25, 0.3) is 0 Å². The van der Waals surface area contributed by atoms with Crippen LogP contribution in [0.4, 0.5) is 5.82 Å². The number of hydrogen-bond acceptors (Lipinski definition) is 3. The van der Waals surface area contributed by atoms with Crippen molar-refractivity contribution in [3.05, 3.63) is 22.3 Å². The Morgan fingerprint density at radius 1 is 1.60 bits per heavy atom. The van der Waals surface area contributed by atoms with Gasteiger partial charge >= 0.3 is 5.97 Å². The second-order valence-corrected chi connectivity index (χ2v) is 3.87. The minimum absolute atomic E-state index is 0.0388. The van der Waals surface area contributed by atoms with Gasteiger partial charge in [-0.15, -0.1) is 0 Å². The van der Waals surface area contributed by atoms with Crippen molar-refractivity contribution in [1.29, 1.82) is 0 Å². The molecule has 6 heteroatoms. The summed E-state index contributed by atoms with van der Waals surface area (Å²) < 4.78 is 0.